The summed E-state index contributed by atoms with van der Waals surface area (Å²) in [7, 11) is 0. The Bertz CT molecular complexity index is 165. The minimum absolute atomic E-state index is 0.241. The second kappa shape index (κ2) is 6.98. The Morgan fingerprint density at radius 3 is 2.21 bits per heavy atom. The number of rotatable bonds is 8. The molecule has 0 radical (unpaired) electrons. The Labute approximate surface area is 87.2 Å². The van der Waals surface area contributed by atoms with E-state index in [1.807, 2.05) is 13.8 Å². The molecule has 0 amide bonds. The molecule has 0 atom stereocenters. The fraction of sp³-hybridized carbons (Fsp3) is 0.818. The first-order valence-electron chi connectivity index (χ1n) is 5.48. The number of hydrogen-bond acceptors (Lipinski definition) is 2. The quantitative estimate of drug-likeness (QED) is 0.372. The van der Waals surface area contributed by atoms with Gasteiger partial charge in [-0.1, -0.05) is 6.42 Å². The van der Waals surface area contributed by atoms with Gasteiger partial charge in [-0.2, -0.15) is 0 Å². The van der Waals surface area contributed by atoms with E-state index >= 15 is 0 Å². The van der Waals surface area contributed by atoms with Gasteiger partial charge in [0.05, 0.1) is 13.1 Å². The van der Waals surface area contributed by atoms with E-state index in [1.54, 1.807) is 0 Å². The van der Waals surface area contributed by atoms with Crippen molar-refractivity contribution in [2.45, 2.75) is 39.5 Å². The van der Waals surface area contributed by atoms with Crippen molar-refractivity contribution < 1.29 is 9.75 Å². The molecule has 0 aliphatic carbocycles. The fourth-order valence-corrected chi connectivity index (χ4v) is 1.49. The van der Waals surface area contributed by atoms with E-state index in [-0.39, 0.29) is 11.3 Å². The molecule has 1 N–H and O–H groups in total. The average molecular weight is 201 g/mol. The molecule has 0 rings (SSSR count). The lowest BCUT2D eigenvalue weighted by Crippen LogP contribution is -2.40. The number of aliphatic hydroxyl groups is 1. The van der Waals surface area contributed by atoms with E-state index in [0.717, 1.165) is 31.4 Å². The molecule has 0 saturated heterocycles. The van der Waals surface area contributed by atoms with Crippen LogP contribution in [0.1, 0.15) is 39.5 Å². The molecule has 0 saturated carbocycles. The predicted octanol–water partition coefficient (Wildman–Crippen LogP) is 2.41. The van der Waals surface area contributed by atoms with Crippen molar-refractivity contribution in [2.75, 3.05) is 19.7 Å². The third-order valence-corrected chi connectivity index (χ3v) is 2.72. The molecule has 14 heavy (non-hydrogen) atoms. The van der Waals surface area contributed by atoms with Crippen molar-refractivity contribution in [1.29, 1.82) is 0 Å². The summed E-state index contributed by atoms with van der Waals surface area (Å²) >= 11 is 0. The van der Waals surface area contributed by atoms with Gasteiger partial charge in [0.2, 0.25) is 0 Å². The number of unbranched alkanes of at least 4 members (excludes halogenated alkanes) is 2. The van der Waals surface area contributed by atoms with E-state index in [1.165, 1.54) is 0 Å². The number of allylic oxidation sites excluding steroid dienone is 1. The summed E-state index contributed by atoms with van der Waals surface area (Å²) < 4.78 is -0.265. The molecule has 84 valence electrons. The topological polar surface area (TPSA) is 43.3 Å². The zero-order valence-electron chi connectivity index (χ0n) is 9.46. The van der Waals surface area contributed by atoms with Crippen molar-refractivity contribution in [3.63, 3.8) is 0 Å². The van der Waals surface area contributed by atoms with Crippen LogP contribution in [0.15, 0.2) is 12.3 Å². The number of hydroxylamine groups is 3. The van der Waals surface area contributed by atoms with Crippen LogP contribution < -0.4 is 0 Å². The van der Waals surface area contributed by atoms with E-state index in [0.29, 0.717) is 13.1 Å². The van der Waals surface area contributed by atoms with Gasteiger partial charge in [0.1, 0.15) is 5.70 Å². The lowest BCUT2D eigenvalue weighted by molar-refractivity contribution is -0.840. The molecule has 3 nitrogen and oxygen atoms in total. The number of nitrogens with zero attached hydrogens (tertiary/aromatic N) is 1. The highest BCUT2D eigenvalue weighted by molar-refractivity contribution is 4.84. The Kier molecular flexibility index (Phi) is 6.79. The molecule has 0 unspecified atom stereocenters. The van der Waals surface area contributed by atoms with Crippen LogP contribution >= 0.6 is 0 Å². The molecule has 0 spiro atoms. The summed E-state index contributed by atoms with van der Waals surface area (Å²) in [5, 5.41) is 20.6. The first-order chi connectivity index (χ1) is 6.60. The van der Waals surface area contributed by atoms with Crippen molar-refractivity contribution in [1.82, 2.24) is 0 Å². The van der Waals surface area contributed by atoms with Crippen LogP contribution in [0.2, 0.25) is 0 Å². The number of aliphatic hydroxyl groups excluding tert-OH is 1. The molecule has 0 bridgehead atoms. The maximum atomic E-state index is 12.0. The van der Waals surface area contributed by atoms with Gasteiger partial charge in [-0.05, 0) is 33.3 Å². The van der Waals surface area contributed by atoms with Crippen LogP contribution in [0.3, 0.4) is 0 Å². The van der Waals surface area contributed by atoms with Gasteiger partial charge < -0.3 is 15.0 Å². The summed E-state index contributed by atoms with van der Waals surface area (Å²) in [5.74, 6) is 0. The monoisotopic (exact) mass is 201 g/mol. The van der Waals surface area contributed by atoms with Gasteiger partial charge in [0, 0.05) is 13.0 Å². The highest BCUT2D eigenvalue weighted by atomic mass is 16.5. The molecule has 0 aromatic carbocycles. The summed E-state index contributed by atoms with van der Waals surface area (Å²) in [6.07, 6.45) is 3.54. The molecule has 0 aromatic heterocycles. The fourth-order valence-electron chi connectivity index (χ4n) is 1.49. The minimum Gasteiger partial charge on any atom is -0.628 e. The van der Waals surface area contributed by atoms with Crippen LogP contribution in [-0.4, -0.2) is 29.4 Å². The average Bonchev–Trinajstić information content (AvgIpc) is 2.22. The van der Waals surface area contributed by atoms with Gasteiger partial charge in [-0.3, -0.25) is 0 Å². The van der Waals surface area contributed by atoms with Crippen molar-refractivity contribution in [2.24, 2.45) is 0 Å². The summed E-state index contributed by atoms with van der Waals surface area (Å²) in [4.78, 5) is 0. The smallest absolute Gasteiger partial charge is 0.101 e. The van der Waals surface area contributed by atoms with Crippen LogP contribution in [0, 0.1) is 5.21 Å². The Morgan fingerprint density at radius 1 is 1.21 bits per heavy atom. The maximum absolute atomic E-state index is 12.0. The molecule has 0 heterocycles. The second-order valence-corrected chi connectivity index (χ2v) is 3.62. The van der Waals surface area contributed by atoms with Crippen LogP contribution in [0.25, 0.3) is 0 Å². The van der Waals surface area contributed by atoms with E-state index in [2.05, 4.69) is 6.58 Å². The second-order valence-electron chi connectivity index (χ2n) is 3.62. The normalized spacial score (nSPS) is 11.7. The third kappa shape index (κ3) is 4.22. The lowest BCUT2D eigenvalue weighted by atomic mass is 10.1. The predicted molar refractivity (Wildman–Crippen MR) is 59.4 cm³/mol. The Morgan fingerprint density at radius 2 is 1.79 bits per heavy atom. The largest absolute Gasteiger partial charge is 0.628 e. The van der Waals surface area contributed by atoms with Gasteiger partial charge >= 0.3 is 0 Å². The minimum atomic E-state index is -0.265. The first-order valence-corrected chi connectivity index (χ1v) is 5.48. The molecule has 0 aromatic rings. The molecular weight excluding hydrogens is 178 g/mol. The van der Waals surface area contributed by atoms with Crippen molar-refractivity contribution >= 4 is 0 Å². The van der Waals surface area contributed by atoms with Crippen LogP contribution in [0.4, 0.5) is 0 Å². The van der Waals surface area contributed by atoms with E-state index < -0.39 is 0 Å². The highest BCUT2D eigenvalue weighted by Crippen LogP contribution is 2.19. The molecule has 0 aliphatic rings. The Hall–Kier alpha value is -0.380. The zero-order chi connectivity index (χ0) is 11.0. The van der Waals surface area contributed by atoms with Gasteiger partial charge in [0.25, 0.3) is 0 Å². The highest BCUT2D eigenvalue weighted by Gasteiger charge is 2.15. The van der Waals surface area contributed by atoms with E-state index in [9.17, 15) is 5.21 Å². The van der Waals surface area contributed by atoms with Crippen LogP contribution in [0.5, 0.6) is 0 Å². The lowest BCUT2D eigenvalue weighted by Gasteiger charge is -2.42. The van der Waals surface area contributed by atoms with Crippen molar-refractivity contribution in [3.8, 4) is 0 Å². The van der Waals surface area contributed by atoms with Gasteiger partial charge in [-0.15, -0.1) is 0 Å². The van der Waals surface area contributed by atoms with Gasteiger partial charge in [-0.25, -0.2) is 0 Å². The summed E-state index contributed by atoms with van der Waals surface area (Å²) in [6.45, 7) is 9.03. The van der Waals surface area contributed by atoms with E-state index in [4.69, 9.17) is 5.11 Å². The maximum Gasteiger partial charge on any atom is 0.101 e. The van der Waals surface area contributed by atoms with Crippen LogP contribution in [-0.2, 0) is 0 Å². The molecule has 0 fully saturated rings. The summed E-state index contributed by atoms with van der Waals surface area (Å²) in [5.41, 5.74) is 0.771. The standard InChI is InChI=1S/C11H23NO2/c1-4-12(14,5-2)11(3)9-7-6-8-10-13/h13H,3-10H2,1-2H3. The number of quaternary nitrogens is 1. The molecular formula is C11H23NO2. The SMILES string of the molecule is C=C(CCCCCO)[N+]([O-])(CC)CC. The molecule has 0 aliphatic heterocycles. The number of hydrogen-bond donors (Lipinski definition) is 1. The first kappa shape index (κ1) is 13.6. The third-order valence-electron chi connectivity index (χ3n) is 2.72. The molecule has 3 heteroatoms. The van der Waals surface area contributed by atoms with Crippen molar-refractivity contribution in [3.05, 3.63) is 17.5 Å². The zero-order valence-corrected chi connectivity index (χ0v) is 9.46. The summed E-state index contributed by atoms with van der Waals surface area (Å²) in [6, 6.07) is 0. The van der Waals surface area contributed by atoms with Gasteiger partial charge in [0.15, 0.2) is 0 Å². The Balaban J connectivity index is 3.82.